The number of benzene rings is 1. The third-order valence-electron chi connectivity index (χ3n) is 4.90. The van der Waals surface area contributed by atoms with Gasteiger partial charge < -0.3 is 4.74 Å². The summed E-state index contributed by atoms with van der Waals surface area (Å²) in [4.78, 5) is 13.0. The monoisotopic (exact) mass is 258 g/mol. The van der Waals surface area contributed by atoms with Crippen LogP contribution in [-0.4, -0.2) is 12.4 Å². The van der Waals surface area contributed by atoms with Crippen molar-refractivity contribution in [2.24, 2.45) is 5.41 Å². The number of ether oxygens (including phenoxy) is 1. The first-order chi connectivity index (χ1) is 9.27. The number of fused-ring (bicyclic) bond motifs is 1. The van der Waals surface area contributed by atoms with Crippen LogP contribution in [0.3, 0.4) is 0 Å². The Morgan fingerprint density at radius 1 is 1.26 bits per heavy atom. The number of ketones is 1. The zero-order valence-electron chi connectivity index (χ0n) is 11.7. The number of carbonyl (C=O) groups excluding carboxylic acids is 1. The van der Waals surface area contributed by atoms with Crippen molar-refractivity contribution >= 4 is 5.78 Å². The lowest BCUT2D eigenvalue weighted by atomic mass is 9.76. The van der Waals surface area contributed by atoms with Crippen molar-refractivity contribution in [3.63, 3.8) is 0 Å². The largest absolute Gasteiger partial charge is 0.493 e. The van der Waals surface area contributed by atoms with Crippen molar-refractivity contribution < 1.29 is 9.53 Å². The fourth-order valence-electron chi connectivity index (χ4n) is 3.65. The van der Waals surface area contributed by atoms with Gasteiger partial charge in [-0.1, -0.05) is 31.9 Å². The fraction of sp³-hybridized carbons (Fsp3) is 0.588. The van der Waals surface area contributed by atoms with Crippen LogP contribution in [0.1, 0.15) is 61.4 Å². The average Bonchev–Trinajstić information content (AvgIpc) is 2.96. The SMILES string of the molecule is CCC1(C(=O)c2cccc3c2OCCC3)CCCC1. The van der Waals surface area contributed by atoms with Gasteiger partial charge in [-0.15, -0.1) is 0 Å². The minimum absolute atomic E-state index is 0.115. The van der Waals surface area contributed by atoms with Crippen LogP contribution in [0, 0.1) is 5.41 Å². The van der Waals surface area contributed by atoms with Crippen molar-refractivity contribution in [2.75, 3.05) is 6.61 Å². The Labute approximate surface area is 115 Å². The molecule has 3 rings (SSSR count). The molecule has 2 heteroatoms. The highest BCUT2D eigenvalue weighted by Crippen LogP contribution is 2.45. The molecule has 1 fully saturated rings. The van der Waals surface area contributed by atoms with E-state index in [1.54, 1.807) is 0 Å². The van der Waals surface area contributed by atoms with E-state index < -0.39 is 0 Å². The van der Waals surface area contributed by atoms with Crippen molar-refractivity contribution in [2.45, 2.75) is 51.9 Å². The first kappa shape index (κ1) is 12.7. The van der Waals surface area contributed by atoms with Crippen LogP contribution in [0.5, 0.6) is 5.75 Å². The molecule has 0 unspecified atom stereocenters. The van der Waals surface area contributed by atoms with E-state index in [4.69, 9.17) is 4.74 Å². The Morgan fingerprint density at radius 2 is 2.05 bits per heavy atom. The maximum atomic E-state index is 13.0. The number of hydrogen-bond donors (Lipinski definition) is 0. The van der Waals surface area contributed by atoms with Crippen LogP contribution in [0.2, 0.25) is 0 Å². The second kappa shape index (κ2) is 4.99. The molecule has 0 bridgehead atoms. The van der Waals surface area contributed by atoms with E-state index in [2.05, 4.69) is 13.0 Å². The van der Waals surface area contributed by atoms with E-state index >= 15 is 0 Å². The number of hydrogen-bond acceptors (Lipinski definition) is 2. The second-order valence-electron chi connectivity index (χ2n) is 5.92. The minimum atomic E-state index is -0.115. The molecule has 0 saturated heterocycles. The summed E-state index contributed by atoms with van der Waals surface area (Å²) < 4.78 is 5.80. The lowest BCUT2D eigenvalue weighted by molar-refractivity contribution is 0.0786. The van der Waals surface area contributed by atoms with Gasteiger partial charge in [0.25, 0.3) is 0 Å². The van der Waals surface area contributed by atoms with Crippen LogP contribution in [-0.2, 0) is 6.42 Å². The van der Waals surface area contributed by atoms with Crippen LogP contribution < -0.4 is 4.74 Å². The molecule has 0 atom stereocenters. The molecule has 1 aromatic carbocycles. The van der Waals surface area contributed by atoms with Gasteiger partial charge in [0.1, 0.15) is 5.75 Å². The summed E-state index contributed by atoms with van der Waals surface area (Å²) in [5.41, 5.74) is 1.93. The van der Waals surface area contributed by atoms with Gasteiger partial charge in [0.15, 0.2) is 5.78 Å². The number of para-hydroxylation sites is 1. The molecule has 0 amide bonds. The molecule has 0 aromatic heterocycles. The molecule has 1 heterocycles. The second-order valence-corrected chi connectivity index (χ2v) is 5.92. The maximum absolute atomic E-state index is 13.0. The van der Waals surface area contributed by atoms with Gasteiger partial charge in [-0.3, -0.25) is 4.79 Å². The molecular formula is C17H22O2. The molecule has 2 nitrogen and oxygen atoms in total. The average molecular weight is 258 g/mol. The van der Waals surface area contributed by atoms with Gasteiger partial charge in [0.05, 0.1) is 12.2 Å². The lowest BCUT2D eigenvalue weighted by Crippen LogP contribution is -2.28. The topological polar surface area (TPSA) is 26.3 Å². The quantitative estimate of drug-likeness (QED) is 0.761. The van der Waals surface area contributed by atoms with Crippen molar-refractivity contribution in [3.8, 4) is 5.75 Å². The summed E-state index contributed by atoms with van der Waals surface area (Å²) in [6, 6.07) is 6.07. The molecule has 0 spiro atoms. The van der Waals surface area contributed by atoms with E-state index in [9.17, 15) is 4.79 Å². The van der Waals surface area contributed by atoms with Crippen LogP contribution >= 0.6 is 0 Å². The highest BCUT2D eigenvalue weighted by atomic mass is 16.5. The third-order valence-corrected chi connectivity index (χ3v) is 4.90. The Bertz CT molecular complexity index is 484. The van der Waals surface area contributed by atoms with Crippen LogP contribution in [0.4, 0.5) is 0 Å². The standard InChI is InChI=1S/C17H22O2/c1-2-17(10-3-4-11-17)16(18)14-9-5-7-13-8-6-12-19-15(13)14/h5,7,9H,2-4,6,8,10-12H2,1H3. The van der Waals surface area contributed by atoms with Gasteiger partial charge >= 0.3 is 0 Å². The molecule has 1 saturated carbocycles. The maximum Gasteiger partial charge on any atom is 0.172 e. The van der Waals surface area contributed by atoms with Gasteiger partial charge in [0.2, 0.25) is 0 Å². The van der Waals surface area contributed by atoms with E-state index in [1.807, 2.05) is 12.1 Å². The Hall–Kier alpha value is -1.31. The summed E-state index contributed by atoms with van der Waals surface area (Å²) in [6.45, 7) is 2.90. The smallest absolute Gasteiger partial charge is 0.172 e. The molecule has 2 aliphatic rings. The molecule has 0 N–H and O–H groups in total. The highest BCUT2D eigenvalue weighted by Gasteiger charge is 2.41. The minimum Gasteiger partial charge on any atom is -0.493 e. The zero-order valence-corrected chi connectivity index (χ0v) is 11.7. The van der Waals surface area contributed by atoms with Gasteiger partial charge in [-0.05, 0) is 43.7 Å². The van der Waals surface area contributed by atoms with E-state index in [1.165, 1.54) is 18.4 Å². The van der Waals surface area contributed by atoms with Crippen LogP contribution in [0.25, 0.3) is 0 Å². The Kier molecular flexibility index (Phi) is 3.34. The molecule has 1 aliphatic heterocycles. The van der Waals surface area contributed by atoms with E-state index in [-0.39, 0.29) is 5.41 Å². The zero-order chi connectivity index (χ0) is 13.3. The third kappa shape index (κ3) is 2.07. The van der Waals surface area contributed by atoms with E-state index in [0.29, 0.717) is 5.78 Å². The molecule has 1 aliphatic carbocycles. The summed E-state index contributed by atoms with van der Waals surface area (Å²) >= 11 is 0. The number of rotatable bonds is 3. The summed E-state index contributed by atoms with van der Waals surface area (Å²) in [5.74, 6) is 1.20. The molecular weight excluding hydrogens is 236 g/mol. The van der Waals surface area contributed by atoms with Crippen molar-refractivity contribution in [1.82, 2.24) is 0 Å². The normalized spacial score (nSPS) is 20.7. The van der Waals surface area contributed by atoms with Crippen molar-refractivity contribution in [1.29, 1.82) is 0 Å². The summed E-state index contributed by atoms with van der Waals surface area (Å²) in [7, 11) is 0. The predicted molar refractivity (Wildman–Crippen MR) is 75.8 cm³/mol. The molecule has 19 heavy (non-hydrogen) atoms. The molecule has 1 aromatic rings. The van der Waals surface area contributed by atoms with Gasteiger partial charge in [-0.2, -0.15) is 0 Å². The van der Waals surface area contributed by atoms with Gasteiger partial charge in [0, 0.05) is 5.41 Å². The van der Waals surface area contributed by atoms with Gasteiger partial charge in [-0.25, -0.2) is 0 Å². The van der Waals surface area contributed by atoms with E-state index in [0.717, 1.165) is 50.0 Å². The first-order valence-corrected chi connectivity index (χ1v) is 7.56. The Morgan fingerprint density at radius 3 is 2.79 bits per heavy atom. The fourth-order valence-corrected chi connectivity index (χ4v) is 3.65. The number of Topliss-reactive ketones (excluding diaryl/α,β-unsaturated/α-hetero) is 1. The first-order valence-electron chi connectivity index (χ1n) is 7.56. The number of carbonyl (C=O) groups is 1. The highest BCUT2D eigenvalue weighted by molar-refractivity contribution is 6.03. The number of aryl methyl sites for hydroxylation is 1. The predicted octanol–water partition coefficient (Wildman–Crippen LogP) is 4.16. The molecule has 102 valence electrons. The Balaban J connectivity index is 2.00. The summed E-state index contributed by atoms with van der Waals surface area (Å²) in [6.07, 6.45) is 7.53. The summed E-state index contributed by atoms with van der Waals surface area (Å²) in [5, 5.41) is 0. The molecule has 0 radical (unpaired) electrons. The lowest BCUT2D eigenvalue weighted by Gasteiger charge is -2.28. The van der Waals surface area contributed by atoms with Crippen molar-refractivity contribution in [3.05, 3.63) is 29.3 Å². The van der Waals surface area contributed by atoms with Crippen LogP contribution in [0.15, 0.2) is 18.2 Å².